The maximum absolute atomic E-state index is 12.8. The summed E-state index contributed by atoms with van der Waals surface area (Å²) in [4.78, 5) is 27.3. The molecule has 1 amide bonds. The van der Waals surface area contributed by atoms with Gasteiger partial charge in [0.1, 0.15) is 5.82 Å². The number of piperidine rings is 1. The van der Waals surface area contributed by atoms with E-state index >= 15 is 0 Å². The summed E-state index contributed by atoms with van der Waals surface area (Å²) in [5.41, 5.74) is 2.99. The number of aromatic nitrogens is 3. The van der Waals surface area contributed by atoms with Crippen molar-refractivity contribution in [3.63, 3.8) is 0 Å². The number of ether oxygens (including phenoxy) is 1. The van der Waals surface area contributed by atoms with Gasteiger partial charge in [0.25, 0.3) is 5.91 Å². The molecule has 0 atom stereocenters. The van der Waals surface area contributed by atoms with E-state index in [0.717, 1.165) is 29.8 Å². The van der Waals surface area contributed by atoms with Crippen LogP contribution >= 0.6 is 0 Å². The van der Waals surface area contributed by atoms with Crippen LogP contribution in [0.2, 0.25) is 0 Å². The standard InChI is InChI=1S/C21H30N4O3/c1-5-24-19(22-25(21(24)27)12-13-28-4)17-8-10-23(11-9-17)20(26)18-7-6-15(2)16(3)14-18/h6-7,14,17H,5,8-13H2,1-4H3. The zero-order valence-corrected chi connectivity index (χ0v) is 17.3. The summed E-state index contributed by atoms with van der Waals surface area (Å²) in [6.45, 7) is 8.92. The second kappa shape index (κ2) is 8.73. The summed E-state index contributed by atoms with van der Waals surface area (Å²) in [6.07, 6.45) is 1.63. The van der Waals surface area contributed by atoms with Gasteiger partial charge in [0.2, 0.25) is 0 Å². The van der Waals surface area contributed by atoms with Gasteiger partial charge in [-0.15, -0.1) is 0 Å². The predicted molar refractivity (Wildman–Crippen MR) is 108 cm³/mol. The Morgan fingerprint density at radius 3 is 2.54 bits per heavy atom. The molecule has 1 aromatic carbocycles. The van der Waals surface area contributed by atoms with Crippen LogP contribution in [-0.2, 0) is 17.8 Å². The molecule has 2 aromatic rings. The summed E-state index contributed by atoms with van der Waals surface area (Å²) in [5.74, 6) is 1.11. The average molecular weight is 386 g/mol. The first kappa shape index (κ1) is 20.3. The first-order chi connectivity index (χ1) is 13.5. The van der Waals surface area contributed by atoms with Gasteiger partial charge in [-0.1, -0.05) is 6.07 Å². The lowest BCUT2D eigenvalue weighted by atomic mass is 9.95. The SMILES string of the molecule is CCn1c(C2CCN(C(=O)c3ccc(C)c(C)c3)CC2)nn(CCOC)c1=O. The third-order valence-electron chi connectivity index (χ3n) is 5.68. The molecule has 1 aromatic heterocycles. The minimum atomic E-state index is -0.0804. The largest absolute Gasteiger partial charge is 0.383 e. The van der Waals surface area contributed by atoms with Crippen LogP contribution in [0.5, 0.6) is 0 Å². The number of aryl methyl sites for hydroxylation is 2. The fourth-order valence-electron chi connectivity index (χ4n) is 3.78. The zero-order valence-electron chi connectivity index (χ0n) is 17.3. The molecule has 0 saturated carbocycles. The third kappa shape index (κ3) is 4.04. The number of carbonyl (C=O) groups is 1. The topological polar surface area (TPSA) is 69.4 Å². The summed E-state index contributed by atoms with van der Waals surface area (Å²) in [7, 11) is 1.62. The van der Waals surface area contributed by atoms with E-state index in [1.54, 1.807) is 11.7 Å². The maximum atomic E-state index is 12.8. The van der Waals surface area contributed by atoms with Crippen molar-refractivity contribution in [3.05, 3.63) is 51.2 Å². The quantitative estimate of drug-likeness (QED) is 0.764. The molecular formula is C21H30N4O3. The van der Waals surface area contributed by atoms with Gasteiger partial charge in [-0.3, -0.25) is 9.36 Å². The molecule has 3 rings (SSSR count). The summed E-state index contributed by atoms with van der Waals surface area (Å²) in [6, 6.07) is 5.88. The van der Waals surface area contributed by atoms with Gasteiger partial charge in [0, 0.05) is 38.2 Å². The van der Waals surface area contributed by atoms with E-state index in [-0.39, 0.29) is 17.5 Å². The van der Waals surface area contributed by atoms with Gasteiger partial charge in [0.05, 0.1) is 13.2 Å². The van der Waals surface area contributed by atoms with Crippen LogP contribution in [0.3, 0.4) is 0 Å². The molecule has 0 unspecified atom stereocenters. The lowest BCUT2D eigenvalue weighted by Gasteiger charge is -2.31. The number of amides is 1. The van der Waals surface area contributed by atoms with Gasteiger partial charge in [-0.2, -0.15) is 5.10 Å². The first-order valence-electron chi connectivity index (χ1n) is 9.99. The maximum Gasteiger partial charge on any atom is 0.345 e. The van der Waals surface area contributed by atoms with Gasteiger partial charge in [-0.25, -0.2) is 9.48 Å². The fourth-order valence-corrected chi connectivity index (χ4v) is 3.78. The Balaban J connectivity index is 1.70. The monoisotopic (exact) mass is 386 g/mol. The Morgan fingerprint density at radius 2 is 1.93 bits per heavy atom. The van der Waals surface area contributed by atoms with Gasteiger partial charge >= 0.3 is 5.69 Å². The highest BCUT2D eigenvalue weighted by atomic mass is 16.5. The lowest BCUT2D eigenvalue weighted by Crippen LogP contribution is -2.38. The highest BCUT2D eigenvalue weighted by Gasteiger charge is 2.28. The van der Waals surface area contributed by atoms with Crippen LogP contribution in [-0.4, -0.2) is 52.0 Å². The molecule has 0 N–H and O–H groups in total. The van der Waals surface area contributed by atoms with Crippen molar-refractivity contribution >= 4 is 5.91 Å². The molecular weight excluding hydrogens is 356 g/mol. The molecule has 2 heterocycles. The van der Waals surface area contributed by atoms with Crippen LogP contribution in [0.15, 0.2) is 23.0 Å². The number of hydrogen-bond acceptors (Lipinski definition) is 4. The van der Waals surface area contributed by atoms with E-state index in [1.165, 1.54) is 10.2 Å². The van der Waals surface area contributed by atoms with Crippen LogP contribution in [0.1, 0.15) is 53.0 Å². The Morgan fingerprint density at radius 1 is 1.21 bits per heavy atom. The zero-order chi connectivity index (χ0) is 20.3. The smallest absolute Gasteiger partial charge is 0.345 e. The Bertz CT molecular complexity index is 892. The number of hydrogen-bond donors (Lipinski definition) is 0. The van der Waals surface area contributed by atoms with E-state index in [0.29, 0.717) is 32.8 Å². The van der Waals surface area contributed by atoms with Crippen molar-refractivity contribution < 1.29 is 9.53 Å². The predicted octanol–water partition coefficient (Wildman–Crippen LogP) is 2.35. The Hall–Kier alpha value is -2.41. The molecule has 0 spiro atoms. The minimum absolute atomic E-state index is 0.0804. The number of rotatable bonds is 6. The van der Waals surface area contributed by atoms with Crippen LogP contribution < -0.4 is 5.69 Å². The molecule has 0 radical (unpaired) electrons. The van der Waals surface area contributed by atoms with Crippen LogP contribution in [0.25, 0.3) is 0 Å². The first-order valence-corrected chi connectivity index (χ1v) is 9.99. The normalized spacial score (nSPS) is 15.2. The molecule has 7 nitrogen and oxygen atoms in total. The van der Waals surface area contributed by atoms with E-state index in [4.69, 9.17) is 4.74 Å². The third-order valence-corrected chi connectivity index (χ3v) is 5.68. The highest BCUT2D eigenvalue weighted by molar-refractivity contribution is 5.94. The molecule has 7 heteroatoms. The molecule has 0 bridgehead atoms. The Labute approximate surface area is 165 Å². The molecule has 28 heavy (non-hydrogen) atoms. The van der Waals surface area contributed by atoms with Crippen LogP contribution in [0, 0.1) is 13.8 Å². The van der Waals surface area contributed by atoms with E-state index in [9.17, 15) is 9.59 Å². The number of nitrogens with zero attached hydrogens (tertiary/aromatic N) is 4. The molecule has 1 aliphatic heterocycles. The van der Waals surface area contributed by atoms with E-state index in [1.807, 2.05) is 43.9 Å². The number of carbonyl (C=O) groups excluding carboxylic acids is 1. The fraction of sp³-hybridized carbons (Fsp3) is 0.571. The van der Waals surface area contributed by atoms with Crippen molar-refractivity contribution in [1.82, 2.24) is 19.2 Å². The Kier molecular flexibility index (Phi) is 6.34. The number of likely N-dealkylation sites (tertiary alicyclic amines) is 1. The van der Waals surface area contributed by atoms with Crippen molar-refractivity contribution in [3.8, 4) is 0 Å². The van der Waals surface area contributed by atoms with Gasteiger partial charge in [-0.05, 0) is 56.9 Å². The van der Waals surface area contributed by atoms with E-state index in [2.05, 4.69) is 5.10 Å². The van der Waals surface area contributed by atoms with Crippen molar-refractivity contribution in [2.24, 2.45) is 0 Å². The highest BCUT2D eigenvalue weighted by Crippen LogP contribution is 2.27. The molecule has 152 valence electrons. The number of benzene rings is 1. The molecule has 0 aliphatic carbocycles. The molecule has 1 aliphatic rings. The number of methoxy groups -OCH3 is 1. The average Bonchev–Trinajstić information content (AvgIpc) is 3.03. The summed E-state index contributed by atoms with van der Waals surface area (Å²) in [5, 5.41) is 4.57. The van der Waals surface area contributed by atoms with E-state index < -0.39 is 0 Å². The second-order valence-corrected chi connectivity index (χ2v) is 7.47. The summed E-state index contributed by atoms with van der Waals surface area (Å²) >= 11 is 0. The minimum Gasteiger partial charge on any atom is -0.383 e. The van der Waals surface area contributed by atoms with Gasteiger partial charge in [0.15, 0.2) is 0 Å². The second-order valence-electron chi connectivity index (χ2n) is 7.47. The van der Waals surface area contributed by atoms with Crippen molar-refractivity contribution in [2.75, 3.05) is 26.8 Å². The molecule has 1 saturated heterocycles. The molecule has 1 fully saturated rings. The van der Waals surface area contributed by atoms with Crippen molar-refractivity contribution in [2.45, 2.75) is 52.6 Å². The van der Waals surface area contributed by atoms with Crippen molar-refractivity contribution in [1.29, 1.82) is 0 Å². The van der Waals surface area contributed by atoms with Crippen LogP contribution in [0.4, 0.5) is 0 Å². The van der Waals surface area contributed by atoms with Gasteiger partial charge < -0.3 is 9.64 Å². The lowest BCUT2D eigenvalue weighted by molar-refractivity contribution is 0.0710. The summed E-state index contributed by atoms with van der Waals surface area (Å²) < 4.78 is 8.32.